The smallest absolute Gasteiger partial charge is 0.333 e. The highest BCUT2D eigenvalue weighted by atomic mass is 32.1. The SMILES string of the molecule is COc1ccc(F)cc1[C@H](Cn1c(=O)n(C(C)(C)C(=O)O[Si](c2ccccc2)(c2ccccc2)C(C)(C)C)c(=O)c2c(C)c(-n3nccn3)sc21)OCCC(O)CO. The Morgan fingerprint density at radius 1 is 0.948 bits per heavy atom. The number of halogens is 1. The van der Waals surface area contributed by atoms with Gasteiger partial charge in [-0.1, -0.05) is 92.8 Å². The van der Waals surface area contributed by atoms with Crippen LogP contribution in [0.1, 0.15) is 58.3 Å². The molecule has 16 heteroatoms. The van der Waals surface area contributed by atoms with Crippen LogP contribution in [0.5, 0.6) is 5.75 Å². The molecule has 6 rings (SSSR count). The molecule has 6 aromatic rings. The van der Waals surface area contributed by atoms with E-state index in [0.717, 1.165) is 26.3 Å². The summed E-state index contributed by atoms with van der Waals surface area (Å²) in [5.74, 6) is -1.11. The molecule has 2 atom stereocenters. The molecule has 58 heavy (non-hydrogen) atoms. The lowest BCUT2D eigenvalue weighted by molar-refractivity contribution is -0.144. The summed E-state index contributed by atoms with van der Waals surface area (Å²) < 4.78 is 35.8. The van der Waals surface area contributed by atoms with Crippen LogP contribution in [0.4, 0.5) is 4.39 Å². The largest absolute Gasteiger partial charge is 0.508 e. The zero-order valence-corrected chi connectivity index (χ0v) is 35.3. The van der Waals surface area contributed by atoms with E-state index in [1.807, 2.05) is 81.4 Å². The first-order valence-corrected chi connectivity index (χ1v) is 21.5. The van der Waals surface area contributed by atoms with Crippen molar-refractivity contribution in [1.29, 1.82) is 0 Å². The quantitative estimate of drug-likeness (QED) is 0.140. The lowest BCUT2D eigenvalue weighted by Crippen LogP contribution is -2.69. The third-order valence-corrected chi connectivity index (χ3v) is 16.6. The highest BCUT2D eigenvalue weighted by Gasteiger charge is 2.55. The summed E-state index contributed by atoms with van der Waals surface area (Å²) in [6, 6.07) is 23.0. The number of aryl methyl sites for hydroxylation is 1. The van der Waals surface area contributed by atoms with Crippen molar-refractivity contribution < 1.29 is 33.3 Å². The van der Waals surface area contributed by atoms with Gasteiger partial charge in [-0.15, -0.1) is 4.80 Å². The van der Waals surface area contributed by atoms with Crippen molar-refractivity contribution >= 4 is 46.2 Å². The second-order valence-corrected chi connectivity index (χ2v) is 20.7. The van der Waals surface area contributed by atoms with E-state index in [-0.39, 0.29) is 41.1 Å². The summed E-state index contributed by atoms with van der Waals surface area (Å²) >= 11 is 1.10. The van der Waals surface area contributed by atoms with Crippen LogP contribution in [0.15, 0.2) is 101 Å². The van der Waals surface area contributed by atoms with Crippen LogP contribution in [0, 0.1) is 12.7 Å². The van der Waals surface area contributed by atoms with Crippen LogP contribution in [-0.4, -0.2) is 75.1 Å². The topological polar surface area (TPSA) is 160 Å². The van der Waals surface area contributed by atoms with E-state index in [2.05, 4.69) is 10.2 Å². The van der Waals surface area contributed by atoms with Gasteiger partial charge in [0.15, 0.2) is 0 Å². The number of benzene rings is 3. The van der Waals surface area contributed by atoms with E-state index in [9.17, 15) is 19.4 Å². The fraction of sp³-hybridized carbons (Fsp3) is 0.357. The van der Waals surface area contributed by atoms with Gasteiger partial charge < -0.3 is 24.1 Å². The van der Waals surface area contributed by atoms with Gasteiger partial charge in [-0.25, -0.2) is 13.8 Å². The van der Waals surface area contributed by atoms with Crippen molar-refractivity contribution in [2.45, 2.75) is 77.3 Å². The van der Waals surface area contributed by atoms with Crippen LogP contribution < -0.4 is 26.4 Å². The number of rotatable bonds is 15. The van der Waals surface area contributed by atoms with Gasteiger partial charge in [-0.3, -0.25) is 14.2 Å². The molecule has 2 N–H and O–H groups in total. The third-order valence-electron chi connectivity index (χ3n) is 10.4. The predicted molar refractivity (Wildman–Crippen MR) is 222 cm³/mol. The zero-order chi connectivity index (χ0) is 42.0. The van der Waals surface area contributed by atoms with E-state index < -0.39 is 60.7 Å². The molecule has 0 aliphatic heterocycles. The molecule has 0 fully saturated rings. The number of methoxy groups -OCH3 is 1. The Kier molecular flexibility index (Phi) is 12.3. The van der Waals surface area contributed by atoms with Crippen LogP contribution in [-0.2, 0) is 26.0 Å². The minimum atomic E-state index is -3.51. The molecule has 1 unspecified atom stereocenters. The Morgan fingerprint density at radius 3 is 2.10 bits per heavy atom. The second kappa shape index (κ2) is 16.9. The van der Waals surface area contributed by atoms with Crippen molar-refractivity contribution in [2.75, 3.05) is 20.3 Å². The number of hydrogen-bond acceptors (Lipinski definition) is 11. The standard InChI is InChI=1S/C42H48FN5O8SSi/c1-27-35-36(51)47(42(5,6)39(52)56-58(41(2,3)4,30-14-10-8-11-15-30)31-16-12-9-13-17-31)40(53)46(38(35)57-37(27)48-44-21-22-45-48)25-34(55-23-20-29(50)26-49)32-24-28(43)18-19-33(32)54-7/h8-19,21-22,24,29,34,49-50H,20,23,25-26H2,1-7H3/t29?,34-/m0/s1. The molecule has 0 aliphatic rings. The second-order valence-electron chi connectivity index (χ2n) is 15.5. The summed E-state index contributed by atoms with van der Waals surface area (Å²) in [5, 5.41) is 29.8. The third kappa shape index (κ3) is 7.81. The Morgan fingerprint density at radius 2 is 1.55 bits per heavy atom. The monoisotopic (exact) mass is 829 g/mol. The lowest BCUT2D eigenvalue weighted by Gasteiger charge is -2.43. The van der Waals surface area contributed by atoms with E-state index in [4.69, 9.17) is 13.9 Å². The Bertz CT molecular complexity index is 2460. The maximum Gasteiger partial charge on any atom is 0.333 e. The van der Waals surface area contributed by atoms with Crippen molar-refractivity contribution in [3.8, 4) is 10.8 Å². The molecule has 0 radical (unpaired) electrons. The van der Waals surface area contributed by atoms with Gasteiger partial charge in [0.25, 0.3) is 5.56 Å². The summed E-state index contributed by atoms with van der Waals surface area (Å²) in [7, 11) is -2.10. The summed E-state index contributed by atoms with van der Waals surface area (Å²) in [6.07, 6.45) is 0.838. The number of aliphatic hydroxyl groups is 2. The number of thiophene rings is 1. The van der Waals surface area contributed by atoms with Gasteiger partial charge in [0, 0.05) is 11.1 Å². The number of aromatic nitrogens is 5. The summed E-state index contributed by atoms with van der Waals surface area (Å²) in [5.41, 5.74) is -2.73. The minimum absolute atomic E-state index is 0.0305. The molecule has 0 bridgehead atoms. The fourth-order valence-corrected chi connectivity index (χ4v) is 13.0. The van der Waals surface area contributed by atoms with Gasteiger partial charge in [-0.2, -0.15) is 10.2 Å². The molecule has 0 saturated heterocycles. The average molecular weight is 830 g/mol. The van der Waals surface area contributed by atoms with Gasteiger partial charge >= 0.3 is 20.0 Å². The van der Waals surface area contributed by atoms with Gasteiger partial charge in [-0.05, 0) is 60.8 Å². The maximum atomic E-state index is 15.1. The van der Waals surface area contributed by atoms with Crippen molar-refractivity contribution in [3.63, 3.8) is 0 Å². The van der Waals surface area contributed by atoms with Crippen LogP contribution in [0.3, 0.4) is 0 Å². The van der Waals surface area contributed by atoms with E-state index >= 15 is 9.59 Å². The number of hydrogen-bond donors (Lipinski definition) is 2. The maximum absolute atomic E-state index is 15.1. The normalized spacial score (nSPS) is 13.4. The molecule has 0 amide bonds. The minimum Gasteiger partial charge on any atom is -0.508 e. The summed E-state index contributed by atoms with van der Waals surface area (Å²) in [6.45, 7) is 9.88. The Labute approximate surface area is 340 Å². The molecule has 3 aromatic carbocycles. The Balaban J connectivity index is 1.58. The van der Waals surface area contributed by atoms with Crippen LogP contribution >= 0.6 is 11.3 Å². The number of carbonyl (C=O) groups excluding carboxylic acids is 1. The number of ether oxygens (including phenoxy) is 2. The number of fused-ring (bicyclic) bond motifs is 1. The molecular formula is C42H48FN5O8SSi. The van der Waals surface area contributed by atoms with E-state index in [1.165, 1.54) is 60.9 Å². The summed E-state index contributed by atoms with van der Waals surface area (Å²) in [4.78, 5) is 46.7. The molecule has 306 valence electrons. The first-order valence-electron chi connectivity index (χ1n) is 18.8. The molecular weight excluding hydrogens is 782 g/mol. The fourth-order valence-electron chi connectivity index (χ4n) is 7.31. The number of aliphatic hydroxyl groups excluding tert-OH is 2. The highest BCUT2D eigenvalue weighted by molar-refractivity contribution is 7.21. The van der Waals surface area contributed by atoms with Gasteiger partial charge in [0.2, 0.25) is 0 Å². The first-order chi connectivity index (χ1) is 27.6. The van der Waals surface area contributed by atoms with Crippen molar-refractivity contribution in [2.24, 2.45) is 0 Å². The van der Waals surface area contributed by atoms with Crippen molar-refractivity contribution in [1.82, 2.24) is 24.1 Å². The molecule has 0 saturated carbocycles. The van der Waals surface area contributed by atoms with E-state index in [1.54, 1.807) is 6.92 Å². The highest BCUT2D eigenvalue weighted by Crippen LogP contribution is 2.39. The molecule has 13 nitrogen and oxygen atoms in total. The number of carbonyl (C=O) groups is 1. The zero-order valence-electron chi connectivity index (χ0n) is 33.5. The van der Waals surface area contributed by atoms with Crippen LogP contribution in [0.25, 0.3) is 15.2 Å². The van der Waals surface area contributed by atoms with Crippen LogP contribution in [0.2, 0.25) is 5.04 Å². The Hall–Kier alpha value is -5.26. The predicted octanol–water partition coefficient (Wildman–Crippen LogP) is 4.60. The average Bonchev–Trinajstić information content (AvgIpc) is 3.86. The first kappa shape index (κ1) is 42.3. The lowest BCUT2D eigenvalue weighted by atomic mass is 10.1. The number of nitrogens with zero attached hydrogens (tertiary/aromatic N) is 5. The molecule has 0 spiro atoms. The molecule has 3 heterocycles. The van der Waals surface area contributed by atoms with E-state index in [0.29, 0.717) is 10.6 Å². The molecule has 0 aliphatic carbocycles. The van der Waals surface area contributed by atoms with Gasteiger partial charge in [0.1, 0.15) is 33.0 Å². The van der Waals surface area contributed by atoms with Crippen molar-refractivity contribution in [3.05, 3.63) is 129 Å². The molecule has 3 aromatic heterocycles. The van der Waals surface area contributed by atoms with Gasteiger partial charge in [0.05, 0.1) is 50.8 Å².